The van der Waals surface area contributed by atoms with Crippen LogP contribution in [0.5, 0.6) is 5.75 Å². The number of fused-ring (bicyclic) bond motifs is 1. The van der Waals surface area contributed by atoms with Crippen LogP contribution in [0.1, 0.15) is 17.9 Å². The van der Waals surface area contributed by atoms with E-state index in [1.807, 2.05) is 18.2 Å². The molecule has 0 saturated heterocycles. The van der Waals surface area contributed by atoms with Gasteiger partial charge in [-0.25, -0.2) is 0 Å². The third-order valence-corrected chi connectivity index (χ3v) is 3.19. The quantitative estimate of drug-likeness (QED) is 0.775. The monoisotopic (exact) mass is 270 g/mol. The number of carbonyl (C=O) groups is 1. The highest BCUT2D eigenvalue weighted by Gasteiger charge is 2.28. The first-order valence-corrected chi connectivity index (χ1v) is 5.49. The molecule has 1 atom stereocenters. The SMILES string of the molecule is COC(=O)CC1COc2cccc(Br)c21. The number of methoxy groups -OCH3 is 1. The van der Waals surface area contributed by atoms with Crippen LogP contribution in [0.25, 0.3) is 0 Å². The van der Waals surface area contributed by atoms with Gasteiger partial charge in [-0.05, 0) is 12.1 Å². The Balaban J connectivity index is 2.24. The van der Waals surface area contributed by atoms with Crippen molar-refractivity contribution in [3.63, 3.8) is 0 Å². The van der Waals surface area contributed by atoms with Gasteiger partial charge in [0.05, 0.1) is 20.1 Å². The molecule has 2 rings (SSSR count). The van der Waals surface area contributed by atoms with Crippen molar-refractivity contribution in [2.45, 2.75) is 12.3 Å². The van der Waals surface area contributed by atoms with Gasteiger partial charge >= 0.3 is 5.97 Å². The summed E-state index contributed by atoms with van der Waals surface area (Å²) < 4.78 is 11.1. The van der Waals surface area contributed by atoms with Gasteiger partial charge in [0.1, 0.15) is 5.75 Å². The van der Waals surface area contributed by atoms with Crippen LogP contribution in [0.15, 0.2) is 22.7 Å². The summed E-state index contributed by atoms with van der Waals surface area (Å²) in [6, 6.07) is 5.79. The standard InChI is InChI=1S/C11H11BrO3/c1-14-10(13)5-7-6-15-9-4-2-3-8(12)11(7)9/h2-4,7H,5-6H2,1H3. The summed E-state index contributed by atoms with van der Waals surface area (Å²) >= 11 is 3.47. The zero-order valence-electron chi connectivity index (χ0n) is 8.33. The van der Waals surface area contributed by atoms with Crippen molar-refractivity contribution in [1.29, 1.82) is 0 Å². The molecule has 1 aromatic carbocycles. The fourth-order valence-electron chi connectivity index (χ4n) is 1.76. The number of hydrogen-bond donors (Lipinski definition) is 0. The molecule has 1 aliphatic heterocycles. The van der Waals surface area contributed by atoms with Gasteiger partial charge in [0.25, 0.3) is 0 Å². The number of carbonyl (C=O) groups excluding carboxylic acids is 1. The van der Waals surface area contributed by atoms with Gasteiger partial charge in [0, 0.05) is 16.0 Å². The molecule has 1 heterocycles. The smallest absolute Gasteiger partial charge is 0.306 e. The largest absolute Gasteiger partial charge is 0.493 e. The number of hydrogen-bond acceptors (Lipinski definition) is 3. The molecule has 0 fully saturated rings. The lowest BCUT2D eigenvalue weighted by atomic mass is 9.98. The molecule has 80 valence electrons. The Bertz CT molecular complexity index is 389. The molecule has 0 radical (unpaired) electrons. The molecular formula is C11H11BrO3. The third-order valence-electron chi connectivity index (χ3n) is 2.50. The Labute approximate surface area is 96.5 Å². The molecule has 1 aromatic rings. The number of ether oxygens (including phenoxy) is 2. The van der Waals surface area contributed by atoms with E-state index in [9.17, 15) is 4.79 Å². The van der Waals surface area contributed by atoms with E-state index in [-0.39, 0.29) is 11.9 Å². The van der Waals surface area contributed by atoms with Crippen LogP contribution in [0, 0.1) is 0 Å². The van der Waals surface area contributed by atoms with E-state index >= 15 is 0 Å². The van der Waals surface area contributed by atoms with E-state index < -0.39 is 0 Å². The summed E-state index contributed by atoms with van der Waals surface area (Å²) in [6.45, 7) is 0.549. The van der Waals surface area contributed by atoms with Crippen LogP contribution in [0.2, 0.25) is 0 Å². The molecule has 0 amide bonds. The first-order chi connectivity index (χ1) is 7.22. The Hall–Kier alpha value is -1.03. The first kappa shape index (κ1) is 10.5. The predicted molar refractivity (Wildman–Crippen MR) is 59.0 cm³/mol. The highest BCUT2D eigenvalue weighted by Crippen LogP contribution is 2.40. The molecule has 0 bridgehead atoms. The van der Waals surface area contributed by atoms with Crippen molar-refractivity contribution in [3.8, 4) is 5.75 Å². The summed E-state index contributed by atoms with van der Waals surface area (Å²) in [5.41, 5.74) is 1.07. The van der Waals surface area contributed by atoms with E-state index in [0.717, 1.165) is 15.8 Å². The molecule has 1 aliphatic rings. The molecule has 0 aliphatic carbocycles. The van der Waals surface area contributed by atoms with Crippen LogP contribution in [-0.2, 0) is 9.53 Å². The first-order valence-electron chi connectivity index (χ1n) is 4.70. The second kappa shape index (κ2) is 4.23. The van der Waals surface area contributed by atoms with Crippen molar-refractivity contribution >= 4 is 21.9 Å². The lowest BCUT2D eigenvalue weighted by Crippen LogP contribution is -2.09. The Kier molecular flexibility index (Phi) is 2.95. The maximum absolute atomic E-state index is 11.2. The lowest BCUT2D eigenvalue weighted by molar-refractivity contribution is -0.141. The van der Waals surface area contributed by atoms with Crippen molar-refractivity contribution < 1.29 is 14.3 Å². The van der Waals surface area contributed by atoms with Crippen molar-refractivity contribution in [2.75, 3.05) is 13.7 Å². The highest BCUT2D eigenvalue weighted by atomic mass is 79.9. The minimum atomic E-state index is -0.202. The molecule has 0 saturated carbocycles. The van der Waals surface area contributed by atoms with Gasteiger partial charge in [-0.15, -0.1) is 0 Å². The second-order valence-electron chi connectivity index (χ2n) is 3.44. The van der Waals surface area contributed by atoms with Gasteiger partial charge < -0.3 is 9.47 Å². The maximum atomic E-state index is 11.2. The van der Waals surface area contributed by atoms with E-state index in [2.05, 4.69) is 20.7 Å². The van der Waals surface area contributed by atoms with Crippen LogP contribution in [0.3, 0.4) is 0 Å². The van der Waals surface area contributed by atoms with Crippen LogP contribution >= 0.6 is 15.9 Å². The van der Waals surface area contributed by atoms with Crippen molar-refractivity contribution in [2.24, 2.45) is 0 Å². The van der Waals surface area contributed by atoms with E-state index in [1.54, 1.807) is 0 Å². The number of halogens is 1. The van der Waals surface area contributed by atoms with E-state index in [0.29, 0.717) is 13.0 Å². The maximum Gasteiger partial charge on any atom is 0.306 e. The van der Waals surface area contributed by atoms with Gasteiger partial charge in [0.15, 0.2) is 0 Å². The molecule has 15 heavy (non-hydrogen) atoms. The Morgan fingerprint density at radius 3 is 3.20 bits per heavy atom. The number of rotatable bonds is 2. The zero-order chi connectivity index (χ0) is 10.8. The van der Waals surface area contributed by atoms with Crippen molar-refractivity contribution in [1.82, 2.24) is 0 Å². The van der Waals surface area contributed by atoms with E-state index in [4.69, 9.17) is 4.74 Å². The number of esters is 1. The topological polar surface area (TPSA) is 35.5 Å². The van der Waals surface area contributed by atoms with Crippen LogP contribution < -0.4 is 4.74 Å². The fourth-order valence-corrected chi connectivity index (χ4v) is 2.43. The van der Waals surface area contributed by atoms with E-state index in [1.165, 1.54) is 7.11 Å². The summed E-state index contributed by atoms with van der Waals surface area (Å²) in [5.74, 6) is 0.758. The van der Waals surface area contributed by atoms with Crippen molar-refractivity contribution in [3.05, 3.63) is 28.2 Å². The van der Waals surface area contributed by atoms with Gasteiger partial charge in [0.2, 0.25) is 0 Å². The Morgan fingerprint density at radius 1 is 1.67 bits per heavy atom. The van der Waals surface area contributed by atoms with Crippen LogP contribution in [0.4, 0.5) is 0 Å². The second-order valence-corrected chi connectivity index (χ2v) is 4.29. The summed E-state index contributed by atoms with van der Waals surface area (Å²) in [4.78, 5) is 11.2. The average Bonchev–Trinajstić information content (AvgIpc) is 2.63. The molecule has 4 heteroatoms. The zero-order valence-corrected chi connectivity index (χ0v) is 9.91. The predicted octanol–water partition coefficient (Wildman–Crippen LogP) is 2.49. The van der Waals surface area contributed by atoms with Gasteiger partial charge in [-0.1, -0.05) is 22.0 Å². The minimum Gasteiger partial charge on any atom is -0.493 e. The molecule has 1 unspecified atom stereocenters. The summed E-state index contributed by atoms with van der Waals surface area (Å²) in [5, 5.41) is 0. The molecule has 0 spiro atoms. The molecular weight excluding hydrogens is 260 g/mol. The summed E-state index contributed by atoms with van der Waals surface area (Å²) in [7, 11) is 1.40. The normalized spacial score (nSPS) is 18.1. The van der Waals surface area contributed by atoms with Gasteiger partial charge in [-0.2, -0.15) is 0 Å². The molecule has 0 aromatic heterocycles. The highest BCUT2D eigenvalue weighted by molar-refractivity contribution is 9.10. The van der Waals surface area contributed by atoms with Crippen LogP contribution in [-0.4, -0.2) is 19.7 Å². The fraction of sp³-hybridized carbons (Fsp3) is 0.364. The molecule has 3 nitrogen and oxygen atoms in total. The summed E-state index contributed by atoms with van der Waals surface area (Å²) in [6.07, 6.45) is 0.367. The number of benzene rings is 1. The average molecular weight is 271 g/mol. The molecule has 0 N–H and O–H groups in total. The minimum absolute atomic E-state index is 0.100. The van der Waals surface area contributed by atoms with Gasteiger partial charge in [-0.3, -0.25) is 4.79 Å². The third kappa shape index (κ3) is 2.00. The Morgan fingerprint density at radius 2 is 2.47 bits per heavy atom. The lowest BCUT2D eigenvalue weighted by Gasteiger charge is -2.08.